The van der Waals surface area contributed by atoms with Crippen LogP contribution in [0, 0.1) is 0 Å². The molecule has 0 radical (unpaired) electrons. The maximum atomic E-state index is 4.43. The fourth-order valence-electron chi connectivity index (χ4n) is 1.07. The van der Waals surface area contributed by atoms with Crippen molar-refractivity contribution in [1.82, 2.24) is 20.0 Å². The van der Waals surface area contributed by atoms with E-state index in [1.807, 2.05) is 6.20 Å². The summed E-state index contributed by atoms with van der Waals surface area (Å²) < 4.78 is 1.77. The van der Waals surface area contributed by atoms with Gasteiger partial charge in [-0.05, 0) is 6.42 Å². The topological polar surface area (TPSA) is 43.6 Å². The number of rotatable bonds is 3. The van der Waals surface area contributed by atoms with Crippen molar-refractivity contribution in [3.05, 3.63) is 28.5 Å². The smallest absolute Gasteiger partial charge is 0.0926 e. The molecule has 0 aromatic carbocycles. The largest absolute Gasteiger partial charge is 0.247 e. The van der Waals surface area contributed by atoms with Gasteiger partial charge in [0.05, 0.1) is 23.4 Å². The number of aromatic nitrogens is 4. The van der Waals surface area contributed by atoms with Crippen LogP contribution in [0.25, 0.3) is 0 Å². The van der Waals surface area contributed by atoms with E-state index in [4.69, 9.17) is 0 Å². The standard InChI is InChI=1S/C8H10N4S/c1-2-8-10-7(6-13-8)5-12-4-3-9-11-12/h3-4,6H,2,5H2,1H3. The van der Waals surface area contributed by atoms with Crippen LogP contribution in [0.1, 0.15) is 17.6 Å². The Hall–Kier alpha value is -1.23. The van der Waals surface area contributed by atoms with E-state index in [1.165, 1.54) is 5.01 Å². The van der Waals surface area contributed by atoms with Crippen LogP contribution in [0.15, 0.2) is 17.8 Å². The summed E-state index contributed by atoms with van der Waals surface area (Å²) in [5.41, 5.74) is 1.06. The molecule has 2 aromatic rings. The van der Waals surface area contributed by atoms with Gasteiger partial charge in [-0.25, -0.2) is 9.67 Å². The molecule has 0 saturated heterocycles. The number of aryl methyl sites for hydroxylation is 1. The normalized spacial score (nSPS) is 10.5. The molecule has 0 aliphatic carbocycles. The zero-order chi connectivity index (χ0) is 9.10. The number of nitrogens with zero attached hydrogens (tertiary/aromatic N) is 4. The molecule has 0 bridgehead atoms. The van der Waals surface area contributed by atoms with Gasteiger partial charge in [-0.1, -0.05) is 12.1 Å². The van der Waals surface area contributed by atoms with Crippen molar-refractivity contribution < 1.29 is 0 Å². The predicted molar refractivity (Wildman–Crippen MR) is 50.6 cm³/mol. The van der Waals surface area contributed by atoms with Gasteiger partial charge in [0.25, 0.3) is 0 Å². The molecule has 5 heteroatoms. The summed E-state index contributed by atoms with van der Waals surface area (Å²) in [5, 5.41) is 10.9. The van der Waals surface area contributed by atoms with Crippen LogP contribution in [0.3, 0.4) is 0 Å². The highest BCUT2D eigenvalue weighted by atomic mass is 32.1. The van der Waals surface area contributed by atoms with E-state index in [2.05, 4.69) is 27.6 Å². The molecule has 68 valence electrons. The van der Waals surface area contributed by atoms with Crippen molar-refractivity contribution in [2.24, 2.45) is 0 Å². The number of hydrogen-bond donors (Lipinski definition) is 0. The predicted octanol–water partition coefficient (Wildman–Crippen LogP) is 1.35. The summed E-state index contributed by atoms with van der Waals surface area (Å²) in [4.78, 5) is 4.43. The summed E-state index contributed by atoms with van der Waals surface area (Å²) in [7, 11) is 0. The molecule has 0 aliphatic rings. The van der Waals surface area contributed by atoms with Crippen LogP contribution in [-0.4, -0.2) is 20.0 Å². The van der Waals surface area contributed by atoms with Gasteiger partial charge in [0, 0.05) is 11.6 Å². The SMILES string of the molecule is CCc1nc(Cn2ccnn2)cs1. The van der Waals surface area contributed by atoms with Gasteiger partial charge < -0.3 is 0 Å². The lowest BCUT2D eigenvalue weighted by Gasteiger charge is -1.94. The molecular weight excluding hydrogens is 184 g/mol. The molecule has 2 heterocycles. The van der Waals surface area contributed by atoms with Crippen LogP contribution in [-0.2, 0) is 13.0 Å². The van der Waals surface area contributed by atoms with Crippen molar-refractivity contribution in [3.63, 3.8) is 0 Å². The third-order valence-corrected chi connectivity index (χ3v) is 2.74. The lowest BCUT2D eigenvalue weighted by atomic mass is 10.4. The molecule has 0 unspecified atom stereocenters. The third kappa shape index (κ3) is 1.92. The van der Waals surface area contributed by atoms with Gasteiger partial charge in [-0.3, -0.25) is 0 Å². The van der Waals surface area contributed by atoms with Gasteiger partial charge in [0.15, 0.2) is 0 Å². The Balaban J connectivity index is 2.10. The lowest BCUT2D eigenvalue weighted by Crippen LogP contribution is -2.00. The molecule has 0 N–H and O–H groups in total. The molecule has 13 heavy (non-hydrogen) atoms. The van der Waals surface area contributed by atoms with E-state index in [-0.39, 0.29) is 0 Å². The molecule has 2 rings (SSSR count). The molecule has 0 aliphatic heterocycles. The highest BCUT2D eigenvalue weighted by Gasteiger charge is 2.00. The number of thiazole rings is 1. The molecule has 0 spiro atoms. The van der Waals surface area contributed by atoms with Crippen LogP contribution in [0.2, 0.25) is 0 Å². The van der Waals surface area contributed by atoms with Crippen LogP contribution < -0.4 is 0 Å². The van der Waals surface area contributed by atoms with Gasteiger partial charge >= 0.3 is 0 Å². The van der Waals surface area contributed by atoms with E-state index >= 15 is 0 Å². The second-order valence-corrected chi connectivity index (χ2v) is 3.63. The number of hydrogen-bond acceptors (Lipinski definition) is 4. The van der Waals surface area contributed by atoms with E-state index in [0.717, 1.165) is 18.7 Å². The first-order valence-corrected chi connectivity index (χ1v) is 5.04. The first-order chi connectivity index (χ1) is 6.38. The van der Waals surface area contributed by atoms with Crippen molar-refractivity contribution in [1.29, 1.82) is 0 Å². The second-order valence-electron chi connectivity index (χ2n) is 2.69. The first kappa shape index (κ1) is 8.37. The van der Waals surface area contributed by atoms with Gasteiger partial charge in [-0.2, -0.15) is 0 Å². The zero-order valence-electron chi connectivity index (χ0n) is 7.34. The van der Waals surface area contributed by atoms with Gasteiger partial charge in [0.1, 0.15) is 0 Å². The Labute approximate surface area is 80.2 Å². The molecule has 0 amide bonds. The zero-order valence-corrected chi connectivity index (χ0v) is 8.16. The quantitative estimate of drug-likeness (QED) is 0.740. The molecule has 0 saturated carbocycles. The van der Waals surface area contributed by atoms with E-state index in [9.17, 15) is 0 Å². The van der Waals surface area contributed by atoms with Crippen molar-refractivity contribution in [2.45, 2.75) is 19.9 Å². The maximum absolute atomic E-state index is 4.43. The van der Waals surface area contributed by atoms with Gasteiger partial charge in [0.2, 0.25) is 0 Å². The van der Waals surface area contributed by atoms with Crippen molar-refractivity contribution in [2.75, 3.05) is 0 Å². The molecule has 0 atom stereocenters. The van der Waals surface area contributed by atoms with Gasteiger partial charge in [-0.15, -0.1) is 16.4 Å². The summed E-state index contributed by atoms with van der Waals surface area (Å²) in [5.74, 6) is 0. The van der Waals surface area contributed by atoms with E-state index in [1.54, 1.807) is 22.2 Å². The lowest BCUT2D eigenvalue weighted by molar-refractivity contribution is 0.639. The molecule has 0 fully saturated rings. The summed E-state index contributed by atoms with van der Waals surface area (Å²) >= 11 is 1.70. The van der Waals surface area contributed by atoms with Crippen LogP contribution >= 0.6 is 11.3 Å². The van der Waals surface area contributed by atoms with Crippen molar-refractivity contribution in [3.8, 4) is 0 Å². The first-order valence-electron chi connectivity index (χ1n) is 4.16. The summed E-state index contributed by atoms with van der Waals surface area (Å²) in [6.45, 7) is 2.83. The minimum absolute atomic E-state index is 0.719. The Morgan fingerprint density at radius 1 is 1.54 bits per heavy atom. The Morgan fingerprint density at radius 2 is 2.46 bits per heavy atom. The maximum Gasteiger partial charge on any atom is 0.0926 e. The minimum atomic E-state index is 0.719. The third-order valence-electron chi connectivity index (χ3n) is 1.70. The summed E-state index contributed by atoms with van der Waals surface area (Å²) in [6, 6.07) is 0. The van der Waals surface area contributed by atoms with Crippen LogP contribution in [0.5, 0.6) is 0 Å². The Bertz CT molecular complexity index is 365. The monoisotopic (exact) mass is 194 g/mol. The van der Waals surface area contributed by atoms with Crippen molar-refractivity contribution >= 4 is 11.3 Å². The average Bonchev–Trinajstić information content (AvgIpc) is 2.76. The fourth-order valence-corrected chi connectivity index (χ4v) is 1.80. The van der Waals surface area contributed by atoms with Crippen LogP contribution in [0.4, 0.5) is 0 Å². The fraction of sp³-hybridized carbons (Fsp3) is 0.375. The molecule has 4 nitrogen and oxygen atoms in total. The Kier molecular flexibility index (Phi) is 2.35. The second kappa shape index (κ2) is 3.66. The summed E-state index contributed by atoms with van der Waals surface area (Å²) in [6.07, 6.45) is 4.51. The Morgan fingerprint density at radius 3 is 3.08 bits per heavy atom. The van der Waals surface area contributed by atoms with E-state index < -0.39 is 0 Å². The van der Waals surface area contributed by atoms with E-state index in [0.29, 0.717) is 0 Å². The molecule has 2 aromatic heterocycles. The highest BCUT2D eigenvalue weighted by molar-refractivity contribution is 7.09. The minimum Gasteiger partial charge on any atom is -0.247 e. The molecular formula is C8H10N4S. The average molecular weight is 194 g/mol. The highest BCUT2D eigenvalue weighted by Crippen LogP contribution is 2.10.